The van der Waals surface area contributed by atoms with E-state index in [2.05, 4.69) is 22.8 Å². The fourth-order valence-corrected chi connectivity index (χ4v) is 4.67. The van der Waals surface area contributed by atoms with E-state index in [-0.39, 0.29) is 6.04 Å². The van der Waals surface area contributed by atoms with Crippen molar-refractivity contribution in [3.05, 3.63) is 33.0 Å². The van der Waals surface area contributed by atoms with Gasteiger partial charge in [-0.3, -0.25) is 9.36 Å². The van der Waals surface area contributed by atoms with Crippen LogP contribution in [-0.4, -0.2) is 54.0 Å². The second-order valence-electron chi connectivity index (χ2n) is 8.48. The Morgan fingerprint density at radius 3 is 2.71 bits per heavy atom. The third kappa shape index (κ3) is 3.88. The maximum atomic E-state index is 12.8. The van der Waals surface area contributed by atoms with E-state index in [9.17, 15) is 9.59 Å². The van der Waals surface area contributed by atoms with E-state index in [1.54, 1.807) is 17.7 Å². The van der Waals surface area contributed by atoms with Crippen molar-refractivity contribution in [3.63, 3.8) is 0 Å². The highest BCUT2D eigenvalue weighted by Crippen LogP contribution is 2.42. The van der Waals surface area contributed by atoms with Gasteiger partial charge < -0.3 is 20.4 Å². The number of hydrogen-bond acceptors (Lipinski definition) is 7. The summed E-state index contributed by atoms with van der Waals surface area (Å²) < 4.78 is 8.13. The van der Waals surface area contributed by atoms with Crippen LogP contribution in [0.3, 0.4) is 0 Å². The molecule has 9 nitrogen and oxygen atoms in total. The van der Waals surface area contributed by atoms with Crippen molar-refractivity contribution < 1.29 is 4.74 Å². The molecule has 2 aromatic rings. The van der Waals surface area contributed by atoms with Crippen molar-refractivity contribution in [2.45, 2.75) is 38.6 Å². The summed E-state index contributed by atoms with van der Waals surface area (Å²) in [6.07, 6.45) is 3.37. The van der Waals surface area contributed by atoms with Crippen LogP contribution in [0.25, 0.3) is 10.9 Å². The molecule has 1 saturated heterocycles. The van der Waals surface area contributed by atoms with Crippen LogP contribution in [-0.2, 0) is 0 Å². The van der Waals surface area contributed by atoms with Crippen LogP contribution in [0.2, 0.25) is 0 Å². The van der Waals surface area contributed by atoms with E-state index in [1.165, 1.54) is 0 Å². The second kappa shape index (κ2) is 8.63. The van der Waals surface area contributed by atoms with Crippen LogP contribution in [0, 0.1) is 17.2 Å². The molecule has 31 heavy (non-hydrogen) atoms. The lowest BCUT2D eigenvalue weighted by atomic mass is 10.1. The predicted molar refractivity (Wildman–Crippen MR) is 120 cm³/mol. The molecule has 0 radical (unpaired) electrons. The van der Waals surface area contributed by atoms with Gasteiger partial charge in [-0.15, -0.1) is 0 Å². The summed E-state index contributed by atoms with van der Waals surface area (Å²) >= 11 is 0. The first-order valence-electron chi connectivity index (χ1n) is 11.0. The summed E-state index contributed by atoms with van der Waals surface area (Å²) in [5, 5.41) is 9.28. The van der Waals surface area contributed by atoms with Crippen LogP contribution in [0.5, 0.6) is 5.75 Å². The molecule has 2 aliphatic rings. The van der Waals surface area contributed by atoms with Crippen LogP contribution in [0.4, 0.5) is 5.69 Å². The Morgan fingerprint density at radius 1 is 1.29 bits per heavy atom. The van der Waals surface area contributed by atoms with Gasteiger partial charge in [-0.1, -0.05) is 6.92 Å². The number of benzene rings is 1. The quantitative estimate of drug-likeness (QED) is 0.633. The summed E-state index contributed by atoms with van der Waals surface area (Å²) in [5.74, 6) is 6.83. The van der Waals surface area contributed by atoms with Crippen LogP contribution >= 0.6 is 0 Å². The molecule has 1 aromatic heterocycles. The molecule has 1 aliphatic carbocycles. The minimum absolute atomic E-state index is 0.0547. The molecule has 2 heterocycles. The molecule has 166 valence electrons. The number of anilines is 1. The zero-order valence-corrected chi connectivity index (χ0v) is 18.2. The standard InChI is InChI=1S/C22H30N6O3/c1-3-25(11-4-10-23)13-15-9-12-26(14-15)18-8-7-17-19(20(18)31-2)27(16-5-6-16)22(30)28(24)21(17)29/h7-8,15-16H,3-6,9,11-14,24H2,1-2H3. The highest BCUT2D eigenvalue weighted by atomic mass is 16.5. The Hall–Kier alpha value is -2.99. The first kappa shape index (κ1) is 21.2. The number of nitrogens with two attached hydrogens (primary N) is 1. The molecule has 9 heteroatoms. The number of rotatable bonds is 8. The van der Waals surface area contributed by atoms with Crippen molar-refractivity contribution >= 4 is 16.6 Å². The molecule has 1 unspecified atom stereocenters. The lowest BCUT2D eigenvalue weighted by molar-refractivity contribution is 0.254. The number of ether oxygens (including phenoxy) is 1. The van der Waals surface area contributed by atoms with E-state index < -0.39 is 11.2 Å². The van der Waals surface area contributed by atoms with Gasteiger partial charge in [0.2, 0.25) is 0 Å². The lowest BCUT2D eigenvalue weighted by Gasteiger charge is -2.25. The SMILES string of the molecule is CCN(CCC#N)CC1CCN(c2ccc3c(=O)n(N)c(=O)n(C4CC4)c3c2OC)C1. The molecule has 1 atom stereocenters. The molecule has 1 aliphatic heterocycles. The average Bonchev–Trinajstić information content (AvgIpc) is 3.51. The Balaban J connectivity index is 1.69. The zero-order chi connectivity index (χ0) is 22.1. The van der Waals surface area contributed by atoms with Crippen LogP contribution < -0.4 is 26.7 Å². The van der Waals surface area contributed by atoms with Crippen molar-refractivity contribution in [1.29, 1.82) is 5.26 Å². The Kier molecular flexibility index (Phi) is 5.92. The van der Waals surface area contributed by atoms with Crippen LogP contribution in [0.1, 0.15) is 38.6 Å². The fraction of sp³-hybridized carbons (Fsp3) is 0.591. The topological polar surface area (TPSA) is 110 Å². The summed E-state index contributed by atoms with van der Waals surface area (Å²) in [7, 11) is 1.59. The van der Waals surface area contributed by atoms with Gasteiger partial charge in [-0.05, 0) is 43.9 Å². The number of hydrogen-bond donors (Lipinski definition) is 1. The molecule has 2 N–H and O–H groups in total. The largest absolute Gasteiger partial charge is 0.492 e. The number of nitrogens with zero attached hydrogens (tertiary/aromatic N) is 5. The summed E-state index contributed by atoms with van der Waals surface area (Å²) in [4.78, 5) is 30.0. The van der Waals surface area contributed by atoms with Gasteiger partial charge >= 0.3 is 5.69 Å². The Labute approximate surface area is 181 Å². The van der Waals surface area contributed by atoms with Crippen molar-refractivity contribution in [2.75, 3.05) is 50.6 Å². The number of methoxy groups -OCH3 is 1. The third-order valence-electron chi connectivity index (χ3n) is 6.46. The van der Waals surface area contributed by atoms with E-state index in [0.29, 0.717) is 33.7 Å². The van der Waals surface area contributed by atoms with Crippen LogP contribution in [0.15, 0.2) is 21.7 Å². The minimum atomic E-state index is -0.503. The molecular weight excluding hydrogens is 396 g/mol. The van der Waals surface area contributed by atoms with Crippen molar-refractivity contribution in [3.8, 4) is 11.8 Å². The maximum Gasteiger partial charge on any atom is 0.350 e. The molecule has 1 saturated carbocycles. The Bertz CT molecular complexity index is 1130. The van der Waals surface area contributed by atoms with Gasteiger partial charge in [0.15, 0.2) is 5.75 Å². The Morgan fingerprint density at radius 2 is 2.06 bits per heavy atom. The monoisotopic (exact) mass is 426 g/mol. The van der Waals surface area contributed by atoms with Gasteiger partial charge in [0, 0.05) is 38.6 Å². The van der Waals surface area contributed by atoms with Crippen molar-refractivity contribution in [1.82, 2.24) is 14.1 Å². The minimum Gasteiger partial charge on any atom is -0.492 e. The highest BCUT2D eigenvalue weighted by molar-refractivity contribution is 5.90. The third-order valence-corrected chi connectivity index (χ3v) is 6.46. The highest BCUT2D eigenvalue weighted by Gasteiger charge is 2.32. The summed E-state index contributed by atoms with van der Waals surface area (Å²) in [5.41, 5.74) is 0.454. The van der Waals surface area contributed by atoms with Gasteiger partial charge in [-0.2, -0.15) is 9.94 Å². The number of aromatic nitrogens is 2. The first-order valence-corrected chi connectivity index (χ1v) is 11.0. The van der Waals surface area contributed by atoms with E-state index in [4.69, 9.17) is 15.8 Å². The van der Waals surface area contributed by atoms with Gasteiger partial charge in [0.1, 0.15) is 5.52 Å². The number of fused-ring (bicyclic) bond motifs is 1. The fourth-order valence-electron chi connectivity index (χ4n) is 4.67. The molecule has 0 amide bonds. The average molecular weight is 427 g/mol. The van der Waals surface area contributed by atoms with E-state index in [1.807, 2.05) is 6.07 Å². The molecule has 4 rings (SSSR count). The van der Waals surface area contributed by atoms with Gasteiger partial charge in [0.05, 0.1) is 24.3 Å². The van der Waals surface area contributed by atoms with E-state index >= 15 is 0 Å². The number of nitriles is 1. The van der Waals surface area contributed by atoms with Gasteiger partial charge in [-0.25, -0.2) is 4.79 Å². The molecule has 1 aromatic carbocycles. The lowest BCUT2D eigenvalue weighted by Crippen LogP contribution is -2.44. The first-order chi connectivity index (χ1) is 15.0. The molecular formula is C22H30N6O3. The van der Waals surface area contributed by atoms with Crippen molar-refractivity contribution in [2.24, 2.45) is 5.92 Å². The normalized spacial score (nSPS) is 18.6. The maximum absolute atomic E-state index is 12.8. The predicted octanol–water partition coefficient (Wildman–Crippen LogP) is 1.28. The molecule has 0 spiro atoms. The molecule has 2 fully saturated rings. The summed E-state index contributed by atoms with van der Waals surface area (Å²) in [6, 6.07) is 5.94. The second-order valence-corrected chi connectivity index (χ2v) is 8.48. The zero-order valence-electron chi connectivity index (χ0n) is 18.2. The summed E-state index contributed by atoms with van der Waals surface area (Å²) in [6.45, 7) is 6.54. The molecule has 0 bridgehead atoms. The smallest absolute Gasteiger partial charge is 0.350 e. The van der Waals surface area contributed by atoms with E-state index in [0.717, 1.165) is 57.7 Å². The van der Waals surface area contributed by atoms with Gasteiger partial charge in [0.25, 0.3) is 5.56 Å². The number of nitrogen functional groups attached to an aromatic ring is 1.